The zero-order valence-electron chi connectivity index (χ0n) is 18.7. The third kappa shape index (κ3) is 5.45. The number of halogens is 1. The van der Waals surface area contributed by atoms with Crippen LogP contribution in [0, 0.1) is 5.92 Å². The molecule has 0 unspecified atom stereocenters. The van der Waals surface area contributed by atoms with Crippen molar-refractivity contribution in [2.75, 3.05) is 26.2 Å². The summed E-state index contributed by atoms with van der Waals surface area (Å²) in [5, 5.41) is 29.4. The molecule has 1 aliphatic rings. The minimum atomic E-state index is -0.876. The molecule has 0 aliphatic heterocycles. The molecule has 7 nitrogen and oxygen atoms in total. The van der Waals surface area contributed by atoms with Gasteiger partial charge in [-0.05, 0) is 44.5 Å². The van der Waals surface area contributed by atoms with Crippen LogP contribution in [0.5, 0.6) is 0 Å². The van der Waals surface area contributed by atoms with Gasteiger partial charge >= 0.3 is 0 Å². The lowest BCUT2D eigenvalue weighted by Gasteiger charge is -2.19. The molecule has 0 saturated heterocycles. The lowest BCUT2D eigenvalue weighted by molar-refractivity contribution is 0.00694. The third-order valence-electron chi connectivity index (χ3n) is 6.49. The Labute approximate surface area is 199 Å². The Morgan fingerprint density at radius 3 is 2.67 bits per heavy atom. The molecule has 1 aliphatic carbocycles. The average molecular weight is 470 g/mol. The van der Waals surface area contributed by atoms with E-state index in [1.807, 2.05) is 16.8 Å². The van der Waals surface area contributed by atoms with E-state index in [9.17, 15) is 10.2 Å². The average Bonchev–Trinajstić information content (AvgIpc) is 3.34. The number of aliphatic hydroxyl groups excluding tert-OH is 2. The molecule has 0 radical (unpaired) electrons. The molecule has 1 saturated carbocycles. The highest BCUT2D eigenvalue weighted by Gasteiger charge is 2.42. The molecule has 0 bridgehead atoms. The Hall–Kier alpha value is -2.29. The number of nitrogens with zero attached hydrogens (tertiary/aromatic N) is 3. The van der Waals surface area contributed by atoms with Gasteiger partial charge in [-0.1, -0.05) is 54.6 Å². The summed E-state index contributed by atoms with van der Waals surface area (Å²) in [4.78, 5) is 8.44. The molecule has 0 spiro atoms. The fraction of sp³-hybridized carbons (Fsp3) is 0.440. The van der Waals surface area contributed by atoms with E-state index in [1.165, 1.54) is 11.9 Å². The third-order valence-corrected chi connectivity index (χ3v) is 6.77. The maximum atomic E-state index is 10.8. The van der Waals surface area contributed by atoms with E-state index in [-0.39, 0.29) is 12.0 Å². The second-order valence-electron chi connectivity index (χ2n) is 8.65. The Morgan fingerprint density at radius 2 is 1.88 bits per heavy atom. The van der Waals surface area contributed by atoms with Crippen LogP contribution in [0.25, 0.3) is 17.1 Å². The van der Waals surface area contributed by atoms with Gasteiger partial charge in [-0.15, -0.1) is 0 Å². The Kier molecular flexibility index (Phi) is 8.11. The molecule has 2 aromatic heterocycles. The number of nitrogens with one attached hydrogen (secondary N) is 2. The summed E-state index contributed by atoms with van der Waals surface area (Å²) in [5.74, 6) is -0.0435. The van der Waals surface area contributed by atoms with Crippen molar-refractivity contribution in [1.29, 1.82) is 0 Å². The fourth-order valence-electron chi connectivity index (χ4n) is 4.69. The first-order valence-corrected chi connectivity index (χ1v) is 11.9. The summed E-state index contributed by atoms with van der Waals surface area (Å²) in [7, 11) is 0. The smallest absolute Gasteiger partial charge is 0.145 e. The summed E-state index contributed by atoms with van der Waals surface area (Å²) in [6.07, 6.45) is 6.01. The molecule has 2 heterocycles. The Morgan fingerprint density at radius 1 is 1.09 bits per heavy atom. The van der Waals surface area contributed by atoms with Crippen molar-refractivity contribution in [3.8, 4) is 0 Å². The van der Waals surface area contributed by atoms with Crippen LogP contribution in [0.3, 0.4) is 0 Å². The summed E-state index contributed by atoms with van der Waals surface area (Å²) >= 11 is 6.28. The predicted octanol–water partition coefficient (Wildman–Crippen LogP) is 2.82. The summed E-state index contributed by atoms with van der Waals surface area (Å²) in [6.45, 7) is 7.27. The lowest BCUT2D eigenvalue weighted by atomic mass is 10.1. The van der Waals surface area contributed by atoms with Crippen molar-refractivity contribution in [2.45, 2.75) is 37.5 Å². The SMILES string of the molecule is C=Cc1cn([C@@H]2C[C@H](CNCCCNCCc3ccccc3)[C@@H](O)[C@H]2O)c2ncnc(Cl)c12. The molecule has 176 valence electrons. The summed E-state index contributed by atoms with van der Waals surface area (Å²) < 4.78 is 1.91. The number of aromatic nitrogens is 3. The van der Waals surface area contributed by atoms with Gasteiger partial charge in [-0.2, -0.15) is 0 Å². The number of benzene rings is 1. The van der Waals surface area contributed by atoms with Crippen LogP contribution in [0.15, 0.2) is 49.4 Å². The minimum Gasteiger partial charge on any atom is -0.390 e. The highest BCUT2D eigenvalue weighted by molar-refractivity contribution is 6.34. The zero-order chi connectivity index (χ0) is 23.2. The van der Waals surface area contributed by atoms with Crippen LogP contribution in [0.1, 0.15) is 30.0 Å². The second kappa shape index (κ2) is 11.2. The molecule has 1 fully saturated rings. The van der Waals surface area contributed by atoms with Crippen molar-refractivity contribution in [2.24, 2.45) is 5.92 Å². The van der Waals surface area contributed by atoms with Gasteiger partial charge in [0.05, 0.1) is 17.5 Å². The van der Waals surface area contributed by atoms with E-state index in [0.29, 0.717) is 23.8 Å². The molecule has 4 N–H and O–H groups in total. The maximum absolute atomic E-state index is 10.8. The standard InChI is InChI=1S/C25H32ClN5O2/c1-2-18-15-31(25-21(18)24(26)29-16-30-25)20-13-19(22(32)23(20)33)14-28-11-6-10-27-12-9-17-7-4-3-5-8-17/h2-5,7-8,15-16,19-20,22-23,27-28,32-33H,1,6,9-14H2/t19-,20-,22-,23+/m1/s1. The molecular weight excluding hydrogens is 438 g/mol. The van der Waals surface area contributed by atoms with Gasteiger partial charge < -0.3 is 25.4 Å². The minimum absolute atomic E-state index is 0.0435. The summed E-state index contributed by atoms with van der Waals surface area (Å²) in [5.41, 5.74) is 2.81. The lowest BCUT2D eigenvalue weighted by Crippen LogP contribution is -2.34. The van der Waals surface area contributed by atoms with Gasteiger partial charge in [0.15, 0.2) is 0 Å². The second-order valence-corrected chi connectivity index (χ2v) is 9.00. The molecule has 8 heteroatoms. The fourth-order valence-corrected chi connectivity index (χ4v) is 4.93. The highest BCUT2D eigenvalue weighted by Crippen LogP contribution is 2.38. The van der Waals surface area contributed by atoms with E-state index in [1.54, 1.807) is 6.08 Å². The first-order valence-electron chi connectivity index (χ1n) is 11.5. The van der Waals surface area contributed by atoms with Gasteiger partial charge in [0.1, 0.15) is 23.2 Å². The normalized spacial score (nSPS) is 22.8. The van der Waals surface area contributed by atoms with E-state index in [4.69, 9.17) is 11.6 Å². The quantitative estimate of drug-likeness (QED) is 0.255. The van der Waals surface area contributed by atoms with Crippen LogP contribution in [-0.2, 0) is 6.42 Å². The number of hydrogen-bond donors (Lipinski definition) is 4. The van der Waals surface area contributed by atoms with Crippen molar-refractivity contribution in [1.82, 2.24) is 25.2 Å². The van der Waals surface area contributed by atoms with E-state index < -0.39 is 12.2 Å². The largest absolute Gasteiger partial charge is 0.390 e. The molecule has 4 rings (SSSR count). The van der Waals surface area contributed by atoms with Crippen LogP contribution in [0.4, 0.5) is 0 Å². The number of aliphatic hydroxyl groups is 2. The predicted molar refractivity (Wildman–Crippen MR) is 132 cm³/mol. The Bertz CT molecular complexity index is 1060. The Balaban J connectivity index is 1.24. The topological polar surface area (TPSA) is 95.2 Å². The monoisotopic (exact) mass is 469 g/mol. The van der Waals surface area contributed by atoms with E-state index in [2.05, 4.69) is 51.4 Å². The maximum Gasteiger partial charge on any atom is 0.145 e. The highest BCUT2D eigenvalue weighted by atomic mass is 35.5. The van der Waals surface area contributed by atoms with Crippen LogP contribution in [0.2, 0.25) is 5.15 Å². The van der Waals surface area contributed by atoms with E-state index in [0.717, 1.165) is 43.4 Å². The van der Waals surface area contributed by atoms with Gasteiger partial charge in [-0.3, -0.25) is 0 Å². The van der Waals surface area contributed by atoms with Gasteiger partial charge in [0.25, 0.3) is 0 Å². The first-order chi connectivity index (χ1) is 16.1. The van der Waals surface area contributed by atoms with E-state index >= 15 is 0 Å². The van der Waals surface area contributed by atoms with Crippen LogP contribution in [-0.4, -0.2) is 63.1 Å². The van der Waals surface area contributed by atoms with Crippen LogP contribution >= 0.6 is 11.6 Å². The van der Waals surface area contributed by atoms with Crippen LogP contribution < -0.4 is 10.6 Å². The molecule has 1 aromatic carbocycles. The molecular formula is C25H32ClN5O2. The van der Waals surface area contributed by atoms with Gasteiger partial charge in [-0.25, -0.2) is 9.97 Å². The molecule has 0 amide bonds. The first kappa shape index (κ1) is 23.9. The van der Waals surface area contributed by atoms with Crippen molar-refractivity contribution in [3.63, 3.8) is 0 Å². The zero-order valence-corrected chi connectivity index (χ0v) is 19.5. The van der Waals surface area contributed by atoms with Gasteiger partial charge in [0, 0.05) is 24.2 Å². The molecule has 4 atom stereocenters. The van der Waals surface area contributed by atoms with Crippen molar-refractivity contribution in [3.05, 3.63) is 65.7 Å². The number of fused-ring (bicyclic) bond motifs is 1. The molecule has 3 aromatic rings. The van der Waals surface area contributed by atoms with Gasteiger partial charge in [0.2, 0.25) is 0 Å². The van der Waals surface area contributed by atoms with Crippen molar-refractivity contribution < 1.29 is 10.2 Å². The molecule has 33 heavy (non-hydrogen) atoms. The summed E-state index contributed by atoms with van der Waals surface area (Å²) in [6, 6.07) is 10.2. The number of rotatable bonds is 11. The van der Waals surface area contributed by atoms with Crippen molar-refractivity contribution >= 4 is 28.7 Å². The number of hydrogen-bond acceptors (Lipinski definition) is 6.